The lowest BCUT2D eigenvalue weighted by Crippen LogP contribution is -1.98. The maximum Gasteiger partial charge on any atom is 0.302 e. The lowest BCUT2D eigenvalue weighted by molar-refractivity contribution is -0.140. The van der Waals surface area contributed by atoms with Crippen molar-refractivity contribution in [3.63, 3.8) is 0 Å². The number of hydrogen-bond acceptors (Lipinski definition) is 2. The molecule has 41 valence electrons. The minimum absolute atomic E-state index is 0.224. The third-order valence-electron chi connectivity index (χ3n) is 0.453. The van der Waals surface area contributed by atoms with E-state index in [9.17, 15) is 4.79 Å². The molecule has 0 saturated carbocycles. The highest BCUT2D eigenvalue weighted by atomic mass is 16.5. The first-order chi connectivity index (χ1) is 3.27. The van der Waals surface area contributed by atoms with Crippen LogP contribution in [0.5, 0.6) is 0 Å². The quantitative estimate of drug-likeness (QED) is 0.480. The maximum atomic E-state index is 9.96. The van der Waals surface area contributed by atoms with Crippen LogP contribution in [0, 0.1) is 6.42 Å². The third-order valence-corrected chi connectivity index (χ3v) is 0.453. The first-order valence-electron chi connectivity index (χ1n) is 2.18. The fraction of sp³-hybridized carbons (Fsp3) is 0.600. The second kappa shape index (κ2) is 3.65. The van der Waals surface area contributed by atoms with Crippen LogP contribution in [0.1, 0.15) is 13.8 Å². The molecule has 0 N–H and O–H groups in total. The van der Waals surface area contributed by atoms with Crippen LogP contribution < -0.4 is 0 Å². The summed E-state index contributed by atoms with van der Waals surface area (Å²) >= 11 is 0. The van der Waals surface area contributed by atoms with Gasteiger partial charge in [-0.15, -0.1) is 0 Å². The molecule has 0 aliphatic heterocycles. The molecule has 0 rings (SSSR count). The fourth-order valence-corrected chi connectivity index (χ4v) is 0.201. The third kappa shape index (κ3) is 5.47. The van der Waals surface area contributed by atoms with Crippen LogP contribution in [-0.4, -0.2) is 12.6 Å². The average Bonchev–Trinajstić information content (AvgIpc) is 1.61. The van der Waals surface area contributed by atoms with Gasteiger partial charge in [0.05, 0.1) is 6.61 Å². The predicted octanol–water partition coefficient (Wildman–Crippen LogP) is 0.774. The molecular formula is C5H9O2. The van der Waals surface area contributed by atoms with Gasteiger partial charge in [-0.3, -0.25) is 4.79 Å². The molecule has 0 aliphatic carbocycles. The average molecular weight is 101 g/mol. The van der Waals surface area contributed by atoms with Gasteiger partial charge in [0.2, 0.25) is 0 Å². The van der Waals surface area contributed by atoms with Crippen LogP contribution in [0.15, 0.2) is 0 Å². The minimum atomic E-state index is -0.224. The molecule has 0 spiro atoms. The van der Waals surface area contributed by atoms with Crippen LogP contribution in [0.4, 0.5) is 0 Å². The number of carbonyl (C=O) groups excluding carboxylic acids is 1. The highest BCUT2D eigenvalue weighted by molar-refractivity contribution is 5.65. The second-order valence-electron chi connectivity index (χ2n) is 1.21. The van der Waals surface area contributed by atoms with E-state index in [-0.39, 0.29) is 5.97 Å². The van der Waals surface area contributed by atoms with Crippen LogP contribution in [0.2, 0.25) is 0 Å². The summed E-state index contributed by atoms with van der Waals surface area (Å²) in [4.78, 5) is 9.96. The Labute approximate surface area is 43.5 Å². The van der Waals surface area contributed by atoms with Gasteiger partial charge in [0.25, 0.3) is 0 Å². The zero-order chi connectivity index (χ0) is 5.70. The Morgan fingerprint density at radius 2 is 2.43 bits per heavy atom. The number of hydrogen-bond donors (Lipinski definition) is 0. The van der Waals surface area contributed by atoms with E-state index in [0.717, 1.165) is 0 Å². The van der Waals surface area contributed by atoms with Crippen molar-refractivity contribution in [3.05, 3.63) is 6.42 Å². The smallest absolute Gasteiger partial charge is 0.302 e. The van der Waals surface area contributed by atoms with Crippen molar-refractivity contribution in [1.82, 2.24) is 0 Å². The van der Waals surface area contributed by atoms with E-state index < -0.39 is 0 Å². The number of rotatable bonds is 2. The largest absolute Gasteiger partial charge is 0.466 e. The molecular weight excluding hydrogens is 92.1 g/mol. The van der Waals surface area contributed by atoms with Gasteiger partial charge >= 0.3 is 5.97 Å². The lowest BCUT2D eigenvalue weighted by Gasteiger charge is -1.93. The van der Waals surface area contributed by atoms with Crippen molar-refractivity contribution >= 4 is 5.97 Å². The molecule has 0 aliphatic rings. The van der Waals surface area contributed by atoms with Gasteiger partial charge < -0.3 is 4.74 Å². The van der Waals surface area contributed by atoms with Crippen molar-refractivity contribution < 1.29 is 9.53 Å². The molecule has 7 heavy (non-hydrogen) atoms. The summed E-state index contributed by atoms with van der Waals surface area (Å²) in [5, 5.41) is 0. The van der Waals surface area contributed by atoms with Crippen LogP contribution in [0.3, 0.4) is 0 Å². The highest BCUT2D eigenvalue weighted by Gasteiger charge is 1.85. The molecule has 0 aromatic heterocycles. The molecule has 0 heterocycles. The Morgan fingerprint density at radius 3 is 2.57 bits per heavy atom. The molecule has 0 bridgehead atoms. The Hall–Kier alpha value is -0.530. The van der Waals surface area contributed by atoms with Crippen molar-refractivity contribution in [3.8, 4) is 0 Å². The Balaban J connectivity index is 2.82. The van der Waals surface area contributed by atoms with Crippen molar-refractivity contribution in [2.24, 2.45) is 0 Å². The van der Waals surface area contributed by atoms with E-state index in [0.29, 0.717) is 6.61 Å². The normalized spacial score (nSPS) is 8.29. The molecule has 0 unspecified atom stereocenters. The van der Waals surface area contributed by atoms with Gasteiger partial charge in [-0.2, -0.15) is 0 Å². The van der Waals surface area contributed by atoms with Gasteiger partial charge in [0.1, 0.15) is 0 Å². The second-order valence-corrected chi connectivity index (χ2v) is 1.21. The molecule has 0 amide bonds. The zero-order valence-electron chi connectivity index (χ0n) is 4.60. The molecule has 2 nitrogen and oxygen atoms in total. The summed E-state index contributed by atoms with van der Waals surface area (Å²) < 4.78 is 4.50. The van der Waals surface area contributed by atoms with Crippen molar-refractivity contribution in [2.75, 3.05) is 6.61 Å². The van der Waals surface area contributed by atoms with Gasteiger partial charge in [0.15, 0.2) is 0 Å². The first-order valence-corrected chi connectivity index (χ1v) is 2.18. The number of esters is 1. The SMILES string of the molecule is C[CH]COC(C)=O. The van der Waals surface area contributed by atoms with E-state index in [1.54, 1.807) is 6.42 Å². The summed E-state index contributed by atoms with van der Waals surface area (Å²) in [5.74, 6) is -0.224. The zero-order valence-corrected chi connectivity index (χ0v) is 4.60. The number of carbonyl (C=O) groups is 1. The van der Waals surface area contributed by atoms with Gasteiger partial charge in [-0.1, -0.05) is 6.92 Å². The first kappa shape index (κ1) is 6.47. The van der Waals surface area contributed by atoms with E-state index >= 15 is 0 Å². The summed E-state index contributed by atoms with van der Waals surface area (Å²) in [6.07, 6.45) is 1.78. The molecule has 1 radical (unpaired) electrons. The standard InChI is InChI=1S/C5H9O2/c1-3-4-7-5(2)6/h3H,4H2,1-2H3. The van der Waals surface area contributed by atoms with Gasteiger partial charge in [-0.25, -0.2) is 0 Å². The van der Waals surface area contributed by atoms with Gasteiger partial charge in [-0.05, 0) is 6.42 Å². The fourth-order valence-electron chi connectivity index (χ4n) is 0.201. The summed E-state index contributed by atoms with van der Waals surface area (Å²) in [7, 11) is 0. The van der Waals surface area contributed by atoms with Crippen molar-refractivity contribution in [1.29, 1.82) is 0 Å². The summed E-state index contributed by atoms with van der Waals surface area (Å²) in [6.45, 7) is 3.65. The number of ether oxygens (including phenoxy) is 1. The molecule has 0 atom stereocenters. The monoisotopic (exact) mass is 101 g/mol. The lowest BCUT2D eigenvalue weighted by atomic mass is 10.5. The molecule has 0 saturated heterocycles. The van der Waals surface area contributed by atoms with E-state index in [2.05, 4.69) is 4.74 Å². The highest BCUT2D eigenvalue weighted by Crippen LogP contribution is 1.77. The topological polar surface area (TPSA) is 26.3 Å². The Morgan fingerprint density at radius 1 is 1.86 bits per heavy atom. The molecule has 2 heteroatoms. The van der Waals surface area contributed by atoms with E-state index in [1.807, 2.05) is 6.92 Å². The predicted molar refractivity (Wildman–Crippen MR) is 26.6 cm³/mol. The van der Waals surface area contributed by atoms with Crippen LogP contribution >= 0.6 is 0 Å². The molecule has 0 aromatic carbocycles. The van der Waals surface area contributed by atoms with Crippen LogP contribution in [-0.2, 0) is 9.53 Å². The van der Waals surface area contributed by atoms with Crippen LogP contribution in [0.25, 0.3) is 0 Å². The Kier molecular flexibility index (Phi) is 3.38. The Bertz CT molecular complexity index is 59.1. The van der Waals surface area contributed by atoms with E-state index in [1.165, 1.54) is 6.92 Å². The van der Waals surface area contributed by atoms with Gasteiger partial charge in [0, 0.05) is 6.92 Å². The van der Waals surface area contributed by atoms with E-state index in [4.69, 9.17) is 0 Å². The molecule has 0 aromatic rings. The molecule has 0 fully saturated rings. The summed E-state index contributed by atoms with van der Waals surface area (Å²) in [6, 6.07) is 0. The van der Waals surface area contributed by atoms with Crippen molar-refractivity contribution in [2.45, 2.75) is 13.8 Å². The minimum Gasteiger partial charge on any atom is -0.466 e. The maximum absolute atomic E-state index is 9.96. The summed E-state index contributed by atoms with van der Waals surface area (Å²) in [5.41, 5.74) is 0.